The van der Waals surface area contributed by atoms with Crippen LogP contribution in [0.5, 0.6) is 5.75 Å². The lowest BCUT2D eigenvalue weighted by molar-refractivity contribution is 0.0548. The highest BCUT2D eigenvalue weighted by molar-refractivity contribution is 9.10. The summed E-state index contributed by atoms with van der Waals surface area (Å²) in [4.78, 5) is 23.1. The van der Waals surface area contributed by atoms with Crippen LogP contribution in [0.15, 0.2) is 19.8 Å². The molecule has 1 rings (SSSR count). The normalized spacial score (nSPS) is 11.2. The molecule has 0 radical (unpaired) electrons. The Labute approximate surface area is 125 Å². The lowest BCUT2D eigenvalue weighted by Crippen LogP contribution is -2.28. The van der Waals surface area contributed by atoms with Gasteiger partial charge in [0.1, 0.15) is 0 Å². The second kappa shape index (κ2) is 6.90. The highest BCUT2D eigenvalue weighted by atomic mass is 79.9. The van der Waals surface area contributed by atoms with Crippen LogP contribution in [0.25, 0.3) is 0 Å². The summed E-state index contributed by atoms with van der Waals surface area (Å²) in [7, 11) is 2.80. The van der Waals surface area contributed by atoms with E-state index in [1.165, 1.54) is 13.2 Å². The first-order valence-electron chi connectivity index (χ1n) is 5.84. The van der Waals surface area contributed by atoms with E-state index < -0.39 is 11.6 Å². The van der Waals surface area contributed by atoms with Crippen molar-refractivity contribution in [3.63, 3.8) is 0 Å². The largest absolute Gasteiger partial charge is 0.485 e. The fraction of sp³-hybridized carbons (Fsp3) is 0.538. The van der Waals surface area contributed by atoms with Crippen molar-refractivity contribution in [1.29, 1.82) is 0 Å². The van der Waals surface area contributed by atoms with Gasteiger partial charge in [-0.2, -0.15) is 0 Å². The summed E-state index contributed by atoms with van der Waals surface area (Å²) < 4.78 is 20.2. The summed E-state index contributed by atoms with van der Waals surface area (Å²) in [5.41, 5.74) is -1.00. The molecular weight excluding hydrogens is 332 g/mol. The maximum Gasteiger partial charge on any atom is 0.380 e. The average Bonchev–Trinajstić information content (AvgIpc) is 2.36. The van der Waals surface area contributed by atoms with E-state index in [0.717, 1.165) is 0 Å². The van der Waals surface area contributed by atoms with E-state index >= 15 is 0 Å². The lowest BCUT2D eigenvalue weighted by atomic mass is 9.96. The Kier molecular flexibility index (Phi) is 5.76. The number of ether oxygens (including phenoxy) is 3. The van der Waals surface area contributed by atoms with E-state index in [0.29, 0.717) is 11.1 Å². The van der Waals surface area contributed by atoms with Gasteiger partial charge >= 0.3 is 11.6 Å². The molecule has 0 atom stereocenters. The van der Waals surface area contributed by atoms with Crippen molar-refractivity contribution in [2.75, 3.05) is 27.4 Å². The van der Waals surface area contributed by atoms with Gasteiger partial charge in [0.15, 0.2) is 0 Å². The number of rotatable bonds is 6. The fourth-order valence-corrected chi connectivity index (χ4v) is 1.97. The Morgan fingerprint density at radius 1 is 1.35 bits per heavy atom. The Balaban J connectivity index is 2.93. The maximum atomic E-state index is 11.8. The van der Waals surface area contributed by atoms with Crippen LogP contribution in [0, 0.1) is 5.41 Å². The van der Waals surface area contributed by atoms with Crippen LogP contribution in [0.3, 0.4) is 0 Å². The molecule has 0 fully saturated rings. The van der Waals surface area contributed by atoms with Gasteiger partial charge in [-0.05, 0) is 15.9 Å². The number of hydrogen-bond donors (Lipinski definition) is 0. The molecule has 0 aliphatic rings. The lowest BCUT2D eigenvalue weighted by Gasteiger charge is -2.23. The monoisotopic (exact) mass is 348 g/mol. The molecule has 0 aliphatic heterocycles. The van der Waals surface area contributed by atoms with Crippen molar-refractivity contribution in [3.05, 3.63) is 26.7 Å². The summed E-state index contributed by atoms with van der Waals surface area (Å²) in [6.07, 6.45) is 0. The van der Waals surface area contributed by atoms with Gasteiger partial charge in [-0.15, -0.1) is 0 Å². The first-order valence-corrected chi connectivity index (χ1v) is 6.64. The van der Waals surface area contributed by atoms with E-state index in [-0.39, 0.29) is 23.5 Å². The molecule has 0 saturated carbocycles. The quantitative estimate of drug-likeness (QED) is 0.734. The minimum Gasteiger partial charge on any atom is -0.485 e. The van der Waals surface area contributed by atoms with Gasteiger partial charge in [0.25, 0.3) is 0 Å². The molecule has 0 unspecified atom stereocenters. The van der Waals surface area contributed by atoms with Crippen molar-refractivity contribution in [3.8, 4) is 5.75 Å². The second-order valence-electron chi connectivity index (χ2n) is 4.95. The predicted octanol–water partition coefficient (Wildman–Crippen LogP) is 2.24. The van der Waals surface area contributed by atoms with E-state index in [4.69, 9.17) is 13.9 Å². The van der Waals surface area contributed by atoms with Crippen molar-refractivity contribution < 1.29 is 23.4 Å². The molecule has 1 heterocycles. The van der Waals surface area contributed by atoms with Gasteiger partial charge in [-0.1, -0.05) is 13.8 Å². The van der Waals surface area contributed by atoms with Crippen molar-refractivity contribution in [1.82, 2.24) is 0 Å². The second-order valence-corrected chi connectivity index (χ2v) is 5.81. The summed E-state index contributed by atoms with van der Waals surface area (Å²) in [6, 6.07) is 1.34. The molecular formula is C13H17BrO6. The van der Waals surface area contributed by atoms with E-state index in [1.807, 2.05) is 13.8 Å². The Hall–Kier alpha value is -1.34. The third-order valence-electron chi connectivity index (χ3n) is 2.39. The molecule has 0 N–H and O–H groups in total. The van der Waals surface area contributed by atoms with Crippen LogP contribution in [-0.4, -0.2) is 33.4 Å². The number of carbonyl (C=O) groups is 1. The van der Waals surface area contributed by atoms with Gasteiger partial charge in [-0.3, -0.25) is 0 Å². The summed E-state index contributed by atoms with van der Waals surface area (Å²) in [6.45, 7) is 4.63. The molecule has 1 aromatic heterocycles. The number of carbonyl (C=O) groups excluding carboxylic acids is 1. The Morgan fingerprint density at radius 2 is 2.00 bits per heavy atom. The van der Waals surface area contributed by atoms with Crippen molar-refractivity contribution in [2.24, 2.45) is 5.41 Å². The number of halogens is 1. The molecule has 6 nitrogen and oxygen atoms in total. The molecule has 112 valence electrons. The summed E-state index contributed by atoms with van der Waals surface area (Å²) in [5, 5.41) is 0. The molecule has 1 aromatic rings. The van der Waals surface area contributed by atoms with Gasteiger partial charge in [0, 0.05) is 18.6 Å². The van der Waals surface area contributed by atoms with Gasteiger partial charge < -0.3 is 18.6 Å². The van der Waals surface area contributed by atoms with E-state index in [9.17, 15) is 9.59 Å². The van der Waals surface area contributed by atoms with Gasteiger partial charge in [-0.25, -0.2) is 9.59 Å². The molecule has 7 heteroatoms. The zero-order chi connectivity index (χ0) is 15.3. The third-order valence-corrected chi connectivity index (χ3v) is 2.98. The van der Waals surface area contributed by atoms with Crippen molar-refractivity contribution in [2.45, 2.75) is 13.8 Å². The molecule has 0 saturated heterocycles. The minimum absolute atomic E-state index is 0.0156. The van der Waals surface area contributed by atoms with Crippen molar-refractivity contribution >= 4 is 21.9 Å². The molecule has 0 aromatic carbocycles. The van der Waals surface area contributed by atoms with E-state index in [2.05, 4.69) is 20.7 Å². The highest BCUT2D eigenvalue weighted by Crippen LogP contribution is 2.25. The van der Waals surface area contributed by atoms with Crippen LogP contribution < -0.4 is 10.4 Å². The summed E-state index contributed by atoms with van der Waals surface area (Å²) >= 11 is 3.18. The Bertz CT molecular complexity index is 534. The third kappa shape index (κ3) is 4.35. The first-order chi connectivity index (χ1) is 9.30. The molecule has 0 amide bonds. The fourth-order valence-electron chi connectivity index (χ4n) is 1.48. The van der Waals surface area contributed by atoms with Gasteiger partial charge in [0.2, 0.25) is 11.5 Å². The number of esters is 1. The average molecular weight is 349 g/mol. The number of hydrogen-bond acceptors (Lipinski definition) is 6. The first kappa shape index (κ1) is 16.7. The highest BCUT2D eigenvalue weighted by Gasteiger charge is 2.22. The van der Waals surface area contributed by atoms with Crippen LogP contribution in [0.1, 0.15) is 24.4 Å². The van der Waals surface area contributed by atoms with E-state index in [1.54, 1.807) is 7.11 Å². The van der Waals surface area contributed by atoms with Gasteiger partial charge in [0.05, 0.1) is 24.8 Å². The number of methoxy groups -OCH3 is 2. The predicted molar refractivity (Wildman–Crippen MR) is 75.2 cm³/mol. The van der Waals surface area contributed by atoms with Crippen LogP contribution >= 0.6 is 15.9 Å². The zero-order valence-corrected chi connectivity index (χ0v) is 13.4. The molecule has 20 heavy (non-hydrogen) atoms. The van der Waals surface area contributed by atoms with Crippen LogP contribution in [0.4, 0.5) is 0 Å². The molecule has 0 spiro atoms. The topological polar surface area (TPSA) is 75.0 Å². The molecule has 0 aliphatic carbocycles. The standard InChI is InChI=1S/C13H17BrO6/c1-13(2,6-17-3)7-19-10-8(14)5-9(11(15)18-4)20-12(10)16/h5H,6-7H2,1-4H3. The SMILES string of the molecule is COCC(C)(C)COc1c(Br)cc(C(=O)OC)oc1=O. The van der Waals surface area contributed by atoms with Crippen LogP contribution in [0.2, 0.25) is 0 Å². The molecule has 0 bridgehead atoms. The smallest absolute Gasteiger partial charge is 0.380 e. The Morgan fingerprint density at radius 3 is 2.50 bits per heavy atom. The zero-order valence-electron chi connectivity index (χ0n) is 11.8. The summed E-state index contributed by atoms with van der Waals surface area (Å²) in [5.74, 6) is -0.899. The van der Waals surface area contributed by atoms with Crippen LogP contribution in [-0.2, 0) is 9.47 Å². The minimum atomic E-state index is -0.743. The maximum absolute atomic E-state index is 11.8.